The third kappa shape index (κ3) is 7.09. The number of terminal acetylenes is 1. The number of carbonyl (C=O) groups is 1. The van der Waals surface area contributed by atoms with Gasteiger partial charge in [0, 0.05) is 25.6 Å². The number of thiazole rings is 1. The molecule has 7 heteroatoms. The largest absolute Gasteiger partial charge is 0.467 e. The van der Waals surface area contributed by atoms with Gasteiger partial charge < -0.3 is 20.5 Å². The van der Waals surface area contributed by atoms with Gasteiger partial charge in [0.05, 0.1) is 6.20 Å². The van der Waals surface area contributed by atoms with E-state index in [-0.39, 0.29) is 12.5 Å². The first kappa shape index (κ1) is 17.4. The Morgan fingerprint density at radius 2 is 2.38 bits per heavy atom. The Bertz CT molecular complexity index is 482. The standard InChI is InChI=1S/C14H21N3O3S/c1-4-5-6-15-13(19)12-8-17-14(21-12)20-9-11(18)7-16-10(2)3/h1,8,10-11,16,18H,5-7,9H2,2-3H3,(H,15,19). The smallest absolute Gasteiger partial charge is 0.273 e. The van der Waals surface area contributed by atoms with Gasteiger partial charge in [-0.05, 0) is 0 Å². The van der Waals surface area contributed by atoms with Gasteiger partial charge in [-0.15, -0.1) is 12.3 Å². The summed E-state index contributed by atoms with van der Waals surface area (Å²) >= 11 is 1.14. The van der Waals surface area contributed by atoms with Crippen molar-refractivity contribution in [3.05, 3.63) is 11.1 Å². The van der Waals surface area contributed by atoms with Crippen molar-refractivity contribution in [3.8, 4) is 17.5 Å². The van der Waals surface area contributed by atoms with Gasteiger partial charge in [-0.3, -0.25) is 4.79 Å². The maximum absolute atomic E-state index is 11.7. The minimum atomic E-state index is -0.621. The lowest BCUT2D eigenvalue weighted by Gasteiger charge is -2.13. The molecule has 1 aromatic heterocycles. The van der Waals surface area contributed by atoms with Crippen LogP contribution in [0.4, 0.5) is 0 Å². The van der Waals surface area contributed by atoms with Crippen LogP contribution in [0.15, 0.2) is 6.20 Å². The zero-order valence-electron chi connectivity index (χ0n) is 12.3. The predicted molar refractivity (Wildman–Crippen MR) is 82.5 cm³/mol. The molecule has 0 aromatic carbocycles. The van der Waals surface area contributed by atoms with E-state index in [2.05, 4.69) is 21.5 Å². The normalized spacial score (nSPS) is 12.0. The molecule has 3 N–H and O–H groups in total. The van der Waals surface area contributed by atoms with Crippen molar-refractivity contribution in [3.63, 3.8) is 0 Å². The van der Waals surface area contributed by atoms with Gasteiger partial charge in [0.2, 0.25) is 0 Å². The molecule has 1 unspecified atom stereocenters. The van der Waals surface area contributed by atoms with Crippen molar-refractivity contribution < 1.29 is 14.6 Å². The summed E-state index contributed by atoms with van der Waals surface area (Å²) in [7, 11) is 0. The summed E-state index contributed by atoms with van der Waals surface area (Å²) in [5.41, 5.74) is 0. The number of aliphatic hydroxyl groups is 1. The average Bonchev–Trinajstić information content (AvgIpc) is 2.92. The molecule has 1 atom stereocenters. The lowest BCUT2D eigenvalue weighted by atomic mass is 10.3. The van der Waals surface area contributed by atoms with Gasteiger partial charge in [-0.2, -0.15) is 0 Å². The van der Waals surface area contributed by atoms with Crippen molar-refractivity contribution in [1.29, 1.82) is 0 Å². The van der Waals surface area contributed by atoms with Crippen LogP contribution in [0.3, 0.4) is 0 Å². The number of ether oxygens (including phenoxy) is 1. The van der Waals surface area contributed by atoms with E-state index in [0.29, 0.717) is 35.6 Å². The molecule has 0 aliphatic carbocycles. The second-order valence-corrected chi connectivity index (χ2v) is 5.72. The van der Waals surface area contributed by atoms with Crippen LogP contribution in [0.5, 0.6) is 5.19 Å². The summed E-state index contributed by atoms with van der Waals surface area (Å²) in [5.74, 6) is 2.22. The maximum atomic E-state index is 11.7. The molecule has 1 heterocycles. The number of amides is 1. The molecule has 0 saturated heterocycles. The zero-order chi connectivity index (χ0) is 15.7. The zero-order valence-corrected chi connectivity index (χ0v) is 13.1. The Hall–Kier alpha value is -1.62. The van der Waals surface area contributed by atoms with Crippen LogP contribution in [0, 0.1) is 12.3 Å². The third-order valence-corrected chi connectivity index (χ3v) is 3.33. The highest BCUT2D eigenvalue weighted by Crippen LogP contribution is 2.20. The minimum absolute atomic E-state index is 0.130. The number of aromatic nitrogens is 1. The van der Waals surface area contributed by atoms with E-state index >= 15 is 0 Å². The Labute approximate surface area is 128 Å². The first-order chi connectivity index (χ1) is 10.0. The van der Waals surface area contributed by atoms with Gasteiger partial charge in [0.1, 0.15) is 17.6 Å². The van der Waals surface area contributed by atoms with Crippen LogP contribution >= 0.6 is 11.3 Å². The molecular formula is C14H21N3O3S. The molecule has 0 aliphatic rings. The van der Waals surface area contributed by atoms with Gasteiger partial charge in [-0.1, -0.05) is 25.2 Å². The fourth-order valence-corrected chi connectivity index (χ4v) is 2.05. The molecule has 0 bridgehead atoms. The van der Waals surface area contributed by atoms with Crippen LogP contribution in [-0.4, -0.2) is 47.8 Å². The molecule has 116 valence electrons. The molecular weight excluding hydrogens is 290 g/mol. The van der Waals surface area contributed by atoms with E-state index in [1.807, 2.05) is 13.8 Å². The van der Waals surface area contributed by atoms with E-state index < -0.39 is 6.10 Å². The van der Waals surface area contributed by atoms with Gasteiger partial charge in [0.15, 0.2) is 0 Å². The van der Waals surface area contributed by atoms with Gasteiger partial charge in [0.25, 0.3) is 11.1 Å². The SMILES string of the molecule is C#CCCNC(=O)c1cnc(OCC(O)CNC(C)C)s1. The third-order valence-electron chi connectivity index (χ3n) is 2.42. The van der Waals surface area contributed by atoms with Crippen molar-refractivity contribution in [1.82, 2.24) is 15.6 Å². The number of nitrogens with zero attached hydrogens (tertiary/aromatic N) is 1. The quantitative estimate of drug-likeness (QED) is 0.460. The van der Waals surface area contributed by atoms with E-state index in [0.717, 1.165) is 11.3 Å². The molecule has 6 nitrogen and oxygen atoms in total. The first-order valence-electron chi connectivity index (χ1n) is 6.74. The summed E-state index contributed by atoms with van der Waals surface area (Å²) < 4.78 is 5.36. The van der Waals surface area contributed by atoms with Crippen molar-refractivity contribution in [2.45, 2.75) is 32.4 Å². The van der Waals surface area contributed by atoms with E-state index in [1.165, 1.54) is 6.20 Å². The van der Waals surface area contributed by atoms with Gasteiger partial charge >= 0.3 is 0 Å². The molecule has 0 fully saturated rings. The Morgan fingerprint density at radius 3 is 3.05 bits per heavy atom. The lowest BCUT2D eigenvalue weighted by molar-refractivity contribution is 0.0958. The number of carbonyl (C=O) groups excluding carboxylic acids is 1. The highest BCUT2D eigenvalue weighted by molar-refractivity contribution is 7.15. The molecule has 1 rings (SSSR count). The maximum Gasteiger partial charge on any atom is 0.273 e. The van der Waals surface area contributed by atoms with Crippen LogP contribution < -0.4 is 15.4 Å². The summed E-state index contributed by atoms with van der Waals surface area (Å²) in [4.78, 5) is 16.2. The number of rotatable bonds is 9. The number of hydrogen-bond donors (Lipinski definition) is 3. The molecule has 0 aliphatic heterocycles. The highest BCUT2D eigenvalue weighted by atomic mass is 32.1. The van der Waals surface area contributed by atoms with Crippen molar-refractivity contribution in [2.24, 2.45) is 0 Å². The van der Waals surface area contributed by atoms with Crippen molar-refractivity contribution >= 4 is 17.2 Å². The highest BCUT2D eigenvalue weighted by Gasteiger charge is 2.12. The summed E-state index contributed by atoms with van der Waals surface area (Å²) in [5, 5.41) is 15.9. The first-order valence-corrected chi connectivity index (χ1v) is 7.56. The summed E-state index contributed by atoms with van der Waals surface area (Å²) in [6, 6.07) is 0.304. The second-order valence-electron chi connectivity index (χ2n) is 4.73. The fraction of sp³-hybridized carbons (Fsp3) is 0.571. The van der Waals surface area contributed by atoms with Crippen LogP contribution in [0.25, 0.3) is 0 Å². The Kier molecular flexibility index (Phi) is 7.75. The Balaban J connectivity index is 2.34. The Morgan fingerprint density at radius 1 is 1.62 bits per heavy atom. The molecule has 21 heavy (non-hydrogen) atoms. The monoisotopic (exact) mass is 311 g/mol. The summed E-state index contributed by atoms with van der Waals surface area (Å²) in [6.07, 6.45) is 6.43. The molecule has 0 saturated carbocycles. The fourth-order valence-electron chi connectivity index (χ4n) is 1.36. The van der Waals surface area contributed by atoms with Crippen LogP contribution in [-0.2, 0) is 0 Å². The van der Waals surface area contributed by atoms with Crippen LogP contribution in [0.2, 0.25) is 0 Å². The van der Waals surface area contributed by atoms with E-state index in [4.69, 9.17) is 11.2 Å². The number of nitrogens with one attached hydrogen (secondary N) is 2. The molecule has 1 aromatic rings. The molecule has 0 radical (unpaired) electrons. The topological polar surface area (TPSA) is 83.5 Å². The summed E-state index contributed by atoms with van der Waals surface area (Å²) in [6.45, 7) is 5.01. The number of aliphatic hydroxyl groups excluding tert-OH is 1. The van der Waals surface area contributed by atoms with E-state index in [1.54, 1.807) is 0 Å². The van der Waals surface area contributed by atoms with Crippen LogP contribution in [0.1, 0.15) is 29.9 Å². The average molecular weight is 311 g/mol. The van der Waals surface area contributed by atoms with E-state index in [9.17, 15) is 9.90 Å². The van der Waals surface area contributed by atoms with Crippen molar-refractivity contribution in [2.75, 3.05) is 19.7 Å². The van der Waals surface area contributed by atoms with Gasteiger partial charge in [-0.25, -0.2) is 4.98 Å². The predicted octanol–water partition coefficient (Wildman–Crippen LogP) is 0.634. The molecule has 1 amide bonds. The second kappa shape index (κ2) is 9.34. The number of hydrogen-bond acceptors (Lipinski definition) is 6. The lowest BCUT2D eigenvalue weighted by Crippen LogP contribution is -2.35. The minimum Gasteiger partial charge on any atom is -0.467 e. The molecule has 0 spiro atoms.